The van der Waals surface area contributed by atoms with Gasteiger partial charge < -0.3 is 15.2 Å². The van der Waals surface area contributed by atoms with E-state index < -0.39 is 17.8 Å². The van der Waals surface area contributed by atoms with E-state index in [0.717, 1.165) is 48.2 Å². The molecule has 4 rings (SSSR count). The molecule has 182 valence electrons. The zero-order valence-corrected chi connectivity index (χ0v) is 19.0. The van der Waals surface area contributed by atoms with E-state index in [4.69, 9.17) is 4.74 Å². The molecule has 0 saturated carbocycles. The Balaban J connectivity index is 1.25. The fourth-order valence-corrected chi connectivity index (χ4v) is 5.09. The molecule has 0 radical (unpaired) electrons. The molecule has 11 heteroatoms. The summed E-state index contributed by atoms with van der Waals surface area (Å²) in [5.41, 5.74) is 0.167. The number of ether oxygens (including phenoxy) is 1. The van der Waals surface area contributed by atoms with Crippen LogP contribution in [-0.4, -0.2) is 39.8 Å². The zero-order chi connectivity index (χ0) is 24.3. The van der Waals surface area contributed by atoms with E-state index in [1.54, 1.807) is 11.3 Å². The van der Waals surface area contributed by atoms with Gasteiger partial charge in [0.05, 0.1) is 17.3 Å². The van der Waals surface area contributed by atoms with Gasteiger partial charge in [-0.3, -0.25) is 14.2 Å². The van der Waals surface area contributed by atoms with E-state index in [0.29, 0.717) is 5.39 Å². The summed E-state index contributed by atoms with van der Waals surface area (Å²) in [5.74, 6) is -0.177. The monoisotopic (exact) mass is 495 g/mol. The Kier molecular flexibility index (Phi) is 7.22. The third kappa shape index (κ3) is 5.58. The van der Waals surface area contributed by atoms with Crippen LogP contribution < -0.4 is 15.6 Å². The number of benzene rings is 1. The van der Waals surface area contributed by atoms with Gasteiger partial charge in [0.2, 0.25) is 5.91 Å². The summed E-state index contributed by atoms with van der Waals surface area (Å²) in [6.45, 7) is -0.130. The van der Waals surface area contributed by atoms with Crippen LogP contribution in [0.2, 0.25) is 0 Å². The maximum Gasteiger partial charge on any atom is 0.416 e. The van der Waals surface area contributed by atoms with Crippen molar-refractivity contribution >= 4 is 27.5 Å². The topological polar surface area (TPSA) is 93.5 Å². The minimum Gasteiger partial charge on any atom is -0.491 e. The second-order valence-electron chi connectivity index (χ2n) is 8.18. The number of carbonyl (C=O) groups is 1. The molecule has 3 aromatic rings. The molecule has 0 bridgehead atoms. The Hall–Kier alpha value is -2.92. The van der Waals surface area contributed by atoms with Gasteiger partial charge in [0, 0.05) is 24.4 Å². The molecule has 2 N–H and O–H groups in total. The number of hydrogen-bond acceptors (Lipinski definition) is 6. The van der Waals surface area contributed by atoms with Gasteiger partial charge >= 0.3 is 6.18 Å². The van der Waals surface area contributed by atoms with Crippen LogP contribution >= 0.6 is 11.3 Å². The Morgan fingerprint density at radius 1 is 1.24 bits per heavy atom. The molecule has 2 heterocycles. The molecular formula is C23H24F3N3O4S. The standard InChI is InChI=1S/C23H24F3N3O4S/c24-23(25,26)14-5-7-16(8-6-14)33-12-15(30)11-27-19(31)9-10-29-13-28-21-20(22(29)32)17-3-1-2-4-18(17)34-21/h5-8,13,15,30H,1-4,9-12H2,(H,27,31). The molecule has 0 fully saturated rings. The minimum atomic E-state index is -4.43. The van der Waals surface area contributed by atoms with E-state index in [9.17, 15) is 27.9 Å². The predicted octanol–water partition coefficient (Wildman–Crippen LogP) is 3.30. The average molecular weight is 496 g/mol. The normalized spacial score (nSPS) is 14.6. The molecule has 1 unspecified atom stereocenters. The number of aryl methyl sites for hydroxylation is 3. The van der Waals surface area contributed by atoms with Crippen molar-refractivity contribution in [3.05, 3.63) is 57.0 Å². The molecule has 1 aliphatic carbocycles. The molecule has 34 heavy (non-hydrogen) atoms. The molecule has 1 aromatic carbocycles. The number of aromatic nitrogens is 2. The minimum absolute atomic E-state index is 0.0336. The number of amides is 1. The number of rotatable bonds is 8. The summed E-state index contributed by atoms with van der Waals surface area (Å²) in [4.78, 5) is 31.5. The summed E-state index contributed by atoms with van der Waals surface area (Å²) in [6.07, 6.45) is 0.0448. The lowest BCUT2D eigenvalue weighted by Crippen LogP contribution is -2.36. The number of nitrogens with one attached hydrogen (secondary N) is 1. The second kappa shape index (κ2) is 10.1. The Labute approximate surface area is 197 Å². The summed E-state index contributed by atoms with van der Waals surface area (Å²) >= 11 is 1.57. The van der Waals surface area contributed by atoms with E-state index in [-0.39, 0.29) is 43.3 Å². The van der Waals surface area contributed by atoms with Crippen molar-refractivity contribution < 1.29 is 27.8 Å². The lowest BCUT2D eigenvalue weighted by atomic mass is 9.97. The molecule has 2 aromatic heterocycles. The summed E-state index contributed by atoms with van der Waals surface area (Å²) in [6, 6.07) is 4.12. The fraction of sp³-hybridized carbons (Fsp3) is 0.435. The maximum atomic E-state index is 12.9. The van der Waals surface area contributed by atoms with Gasteiger partial charge in [-0.05, 0) is 55.5 Å². The maximum absolute atomic E-state index is 12.9. The molecule has 1 aliphatic rings. The first kappa shape index (κ1) is 24.2. The van der Waals surface area contributed by atoms with E-state index >= 15 is 0 Å². The quantitative estimate of drug-likeness (QED) is 0.500. The van der Waals surface area contributed by atoms with Gasteiger partial charge in [0.15, 0.2) is 0 Å². The summed E-state index contributed by atoms with van der Waals surface area (Å²) < 4.78 is 44.5. The molecule has 7 nitrogen and oxygen atoms in total. The van der Waals surface area contributed by atoms with Crippen LogP contribution in [0, 0.1) is 0 Å². The summed E-state index contributed by atoms with van der Waals surface area (Å²) in [7, 11) is 0. The highest BCUT2D eigenvalue weighted by Gasteiger charge is 2.30. The number of hydrogen-bond donors (Lipinski definition) is 2. The van der Waals surface area contributed by atoms with Gasteiger partial charge in [0.25, 0.3) is 5.56 Å². The number of aliphatic hydroxyl groups is 1. The lowest BCUT2D eigenvalue weighted by Gasteiger charge is -2.14. The Bertz CT molecular complexity index is 1220. The van der Waals surface area contributed by atoms with Crippen LogP contribution in [0.15, 0.2) is 35.4 Å². The Morgan fingerprint density at radius 3 is 2.71 bits per heavy atom. The van der Waals surface area contributed by atoms with Crippen molar-refractivity contribution in [2.24, 2.45) is 0 Å². The largest absolute Gasteiger partial charge is 0.491 e. The third-order valence-electron chi connectivity index (χ3n) is 5.68. The van der Waals surface area contributed by atoms with Gasteiger partial charge in [-0.2, -0.15) is 13.2 Å². The molecule has 0 saturated heterocycles. The number of thiophene rings is 1. The van der Waals surface area contributed by atoms with Gasteiger partial charge in [0.1, 0.15) is 23.3 Å². The van der Waals surface area contributed by atoms with E-state index in [2.05, 4.69) is 10.3 Å². The zero-order valence-electron chi connectivity index (χ0n) is 18.2. The van der Waals surface area contributed by atoms with Crippen molar-refractivity contribution in [1.82, 2.24) is 14.9 Å². The number of fused-ring (bicyclic) bond motifs is 3. The molecule has 0 aliphatic heterocycles. The number of alkyl halides is 3. The average Bonchev–Trinajstić information content (AvgIpc) is 3.20. The van der Waals surface area contributed by atoms with Crippen LogP contribution in [0.4, 0.5) is 13.2 Å². The second-order valence-corrected chi connectivity index (χ2v) is 9.26. The van der Waals surface area contributed by atoms with Crippen molar-refractivity contribution in [3.8, 4) is 5.75 Å². The van der Waals surface area contributed by atoms with E-state index in [1.165, 1.54) is 27.9 Å². The number of halogens is 3. The van der Waals surface area contributed by atoms with Gasteiger partial charge in [-0.25, -0.2) is 4.98 Å². The fourth-order valence-electron chi connectivity index (χ4n) is 3.87. The molecule has 1 amide bonds. The number of nitrogens with zero attached hydrogens (tertiary/aromatic N) is 2. The first-order valence-electron chi connectivity index (χ1n) is 11.0. The van der Waals surface area contributed by atoms with Crippen LogP contribution in [0.3, 0.4) is 0 Å². The smallest absolute Gasteiger partial charge is 0.416 e. The van der Waals surface area contributed by atoms with Crippen molar-refractivity contribution in [3.63, 3.8) is 0 Å². The molecule has 0 spiro atoms. The highest BCUT2D eigenvalue weighted by Crippen LogP contribution is 2.33. The highest BCUT2D eigenvalue weighted by molar-refractivity contribution is 7.18. The van der Waals surface area contributed by atoms with Crippen LogP contribution in [0.1, 0.15) is 35.3 Å². The first-order chi connectivity index (χ1) is 16.2. The third-order valence-corrected chi connectivity index (χ3v) is 6.88. The van der Waals surface area contributed by atoms with Crippen molar-refractivity contribution in [2.45, 2.75) is 50.9 Å². The number of aliphatic hydroxyl groups excluding tert-OH is 1. The highest BCUT2D eigenvalue weighted by atomic mass is 32.1. The lowest BCUT2D eigenvalue weighted by molar-refractivity contribution is -0.137. The first-order valence-corrected chi connectivity index (χ1v) is 11.8. The van der Waals surface area contributed by atoms with E-state index in [1.807, 2.05) is 0 Å². The number of carbonyl (C=O) groups excluding carboxylic acids is 1. The SMILES string of the molecule is O=C(CCn1cnc2sc3c(c2c1=O)CCCC3)NCC(O)COc1ccc(C(F)(F)F)cc1. The van der Waals surface area contributed by atoms with Crippen molar-refractivity contribution in [2.75, 3.05) is 13.2 Å². The molecular weight excluding hydrogens is 471 g/mol. The van der Waals surface area contributed by atoms with Crippen LogP contribution in [0.25, 0.3) is 10.2 Å². The van der Waals surface area contributed by atoms with Crippen molar-refractivity contribution in [1.29, 1.82) is 0 Å². The molecule has 1 atom stereocenters. The predicted molar refractivity (Wildman–Crippen MR) is 121 cm³/mol. The Morgan fingerprint density at radius 2 is 1.97 bits per heavy atom. The summed E-state index contributed by atoms with van der Waals surface area (Å²) in [5, 5.41) is 13.2. The van der Waals surface area contributed by atoms with Gasteiger partial charge in [-0.15, -0.1) is 11.3 Å². The van der Waals surface area contributed by atoms with Crippen LogP contribution in [0.5, 0.6) is 5.75 Å². The van der Waals surface area contributed by atoms with Crippen LogP contribution in [-0.2, 0) is 30.4 Å². The van der Waals surface area contributed by atoms with Gasteiger partial charge in [-0.1, -0.05) is 0 Å².